The van der Waals surface area contributed by atoms with Gasteiger partial charge in [0.05, 0.1) is 23.4 Å². The van der Waals surface area contributed by atoms with Gasteiger partial charge in [0.2, 0.25) is 5.91 Å². The molecule has 0 aromatic heterocycles. The van der Waals surface area contributed by atoms with Gasteiger partial charge >= 0.3 is 0 Å². The number of non-ortho nitro benzene ring substituents is 1. The van der Waals surface area contributed by atoms with Crippen molar-refractivity contribution in [1.29, 1.82) is 0 Å². The first-order valence-electron chi connectivity index (χ1n) is 5.46. The number of nitrogens with zero attached hydrogens (tertiary/aromatic N) is 1. The second-order valence-corrected chi connectivity index (χ2v) is 4.73. The fourth-order valence-electron chi connectivity index (χ4n) is 1.16. The van der Waals surface area contributed by atoms with Crippen molar-refractivity contribution < 1.29 is 19.9 Å². The molecular weight excluding hydrogens is 272 g/mol. The molecule has 8 heteroatoms. The molecule has 0 radical (unpaired) electrons. The van der Waals surface area contributed by atoms with Crippen molar-refractivity contribution >= 4 is 23.4 Å². The molecule has 0 fully saturated rings. The molecule has 0 heterocycles. The summed E-state index contributed by atoms with van der Waals surface area (Å²) in [5.74, 6) is -0.147. The first-order chi connectivity index (χ1) is 9.02. The molecular formula is C11H14N2O5S. The fraction of sp³-hybridized carbons (Fsp3) is 0.364. The van der Waals surface area contributed by atoms with Crippen molar-refractivity contribution in [2.24, 2.45) is 0 Å². The second-order valence-electron chi connectivity index (χ2n) is 3.68. The van der Waals surface area contributed by atoms with Gasteiger partial charge in [0.1, 0.15) is 0 Å². The van der Waals surface area contributed by atoms with Crippen LogP contribution >= 0.6 is 11.8 Å². The molecule has 0 saturated heterocycles. The molecule has 0 bridgehead atoms. The number of carbonyl (C=O) groups excluding carboxylic acids is 1. The van der Waals surface area contributed by atoms with E-state index in [4.69, 9.17) is 10.2 Å². The summed E-state index contributed by atoms with van der Waals surface area (Å²) in [6, 6.07) is 5.88. The zero-order valence-electron chi connectivity index (χ0n) is 9.98. The number of aliphatic hydroxyl groups is 2. The van der Waals surface area contributed by atoms with Crippen molar-refractivity contribution in [2.75, 3.05) is 18.9 Å². The molecule has 1 unspecified atom stereocenters. The summed E-state index contributed by atoms with van der Waals surface area (Å²) in [6.07, 6.45) is -0.965. The van der Waals surface area contributed by atoms with Gasteiger partial charge in [0, 0.05) is 23.6 Å². The van der Waals surface area contributed by atoms with E-state index in [9.17, 15) is 14.9 Å². The van der Waals surface area contributed by atoms with Gasteiger partial charge in [0.15, 0.2) is 0 Å². The maximum Gasteiger partial charge on any atom is 0.269 e. The molecule has 1 aromatic carbocycles. The molecule has 1 aromatic rings. The molecule has 104 valence electrons. The summed E-state index contributed by atoms with van der Waals surface area (Å²) in [5, 5.41) is 30.5. The van der Waals surface area contributed by atoms with Gasteiger partial charge in [-0.3, -0.25) is 14.9 Å². The van der Waals surface area contributed by atoms with E-state index >= 15 is 0 Å². The summed E-state index contributed by atoms with van der Waals surface area (Å²) >= 11 is 1.23. The highest BCUT2D eigenvalue weighted by molar-refractivity contribution is 8.00. The van der Waals surface area contributed by atoms with Crippen molar-refractivity contribution in [3.63, 3.8) is 0 Å². The summed E-state index contributed by atoms with van der Waals surface area (Å²) in [4.78, 5) is 22.1. The average Bonchev–Trinajstić information content (AvgIpc) is 2.42. The summed E-state index contributed by atoms with van der Waals surface area (Å²) in [7, 11) is 0. The number of amides is 1. The van der Waals surface area contributed by atoms with Crippen LogP contribution in [0.25, 0.3) is 0 Å². The maximum atomic E-state index is 11.4. The van der Waals surface area contributed by atoms with Crippen molar-refractivity contribution in [1.82, 2.24) is 5.32 Å². The monoisotopic (exact) mass is 286 g/mol. The Morgan fingerprint density at radius 1 is 1.42 bits per heavy atom. The van der Waals surface area contributed by atoms with E-state index in [1.54, 1.807) is 12.1 Å². The van der Waals surface area contributed by atoms with Crippen LogP contribution in [-0.4, -0.2) is 46.1 Å². The zero-order valence-corrected chi connectivity index (χ0v) is 10.8. The first kappa shape index (κ1) is 15.4. The Balaban J connectivity index is 2.35. The van der Waals surface area contributed by atoms with Crippen LogP contribution in [0.15, 0.2) is 29.2 Å². The van der Waals surface area contributed by atoms with Gasteiger partial charge in [-0.1, -0.05) is 0 Å². The fourth-order valence-corrected chi connectivity index (χ4v) is 1.89. The Kier molecular flexibility index (Phi) is 6.26. The van der Waals surface area contributed by atoms with Crippen LogP contribution < -0.4 is 5.32 Å². The number of rotatable bonds is 7. The second kappa shape index (κ2) is 7.72. The Morgan fingerprint density at radius 2 is 2.05 bits per heavy atom. The van der Waals surface area contributed by atoms with Crippen LogP contribution in [0.1, 0.15) is 0 Å². The molecule has 0 aliphatic carbocycles. The van der Waals surface area contributed by atoms with Crippen LogP contribution in [0.2, 0.25) is 0 Å². The smallest absolute Gasteiger partial charge is 0.269 e. The molecule has 0 aliphatic rings. The van der Waals surface area contributed by atoms with Gasteiger partial charge in [-0.25, -0.2) is 0 Å². The number of thioether (sulfide) groups is 1. The van der Waals surface area contributed by atoms with Gasteiger partial charge in [-0.2, -0.15) is 0 Å². The van der Waals surface area contributed by atoms with Crippen LogP contribution in [0, 0.1) is 10.1 Å². The summed E-state index contributed by atoms with van der Waals surface area (Å²) < 4.78 is 0. The Labute approximate surface area is 113 Å². The quantitative estimate of drug-likeness (QED) is 0.374. The first-order valence-corrected chi connectivity index (χ1v) is 6.44. The minimum absolute atomic E-state index is 0.000121. The predicted octanol–water partition coefficient (Wildman–Crippen LogP) is 0.156. The number of nitro benzene ring substituents is 1. The highest BCUT2D eigenvalue weighted by Crippen LogP contribution is 2.20. The van der Waals surface area contributed by atoms with E-state index in [0.29, 0.717) is 0 Å². The van der Waals surface area contributed by atoms with Crippen LogP contribution in [-0.2, 0) is 4.79 Å². The van der Waals surface area contributed by atoms with E-state index in [1.807, 2.05) is 0 Å². The van der Waals surface area contributed by atoms with Gasteiger partial charge < -0.3 is 15.5 Å². The van der Waals surface area contributed by atoms with Crippen molar-refractivity contribution in [3.05, 3.63) is 34.4 Å². The van der Waals surface area contributed by atoms with Crippen LogP contribution in [0.4, 0.5) is 5.69 Å². The lowest BCUT2D eigenvalue weighted by atomic mass is 10.3. The molecule has 19 heavy (non-hydrogen) atoms. The third kappa shape index (κ3) is 5.69. The predicted molar refractivity (Wildman–Crippen MR) is 69.9 cm³/mol. The lowest BCUT2D eigenvalue weighted by Gasteiger charge is -2.08. The zero-order chi connectivity index (χ0) is 14.3. The number of carbonyl (C=O) groups is 1. The number of hydrogen-bond donors (Lipinski definition) is 3. The minimum Gasteiger partial charge on any atom is -0.394 e. The van der Waals surface area contributed by atoms with Crippen molar-refractivity contribution in [2.45, 2.75) is 11.0 Å². The van der Waals surface area contributed by atoms with Crippen LogP contribution in [0.3, 0.4) is 0 Å². The number of aliphatic hydroxyl groups excluding tert-OH is 2. The molecule has 1 amide bonds. The number of hydrogen-bond acceptors (Lipinski definition) is 6. The molecule has 1 rings (SSSR count). The van der Waals surface area contributed by atoms with Gasteiger partial charge in [-0.05, 0) is 12.1 Å². The minimum atomic E-state index is -0.965. The normalized spacial score (nSPS) is 11.9. The third-order valence-electron chi connectivity index (χ3n) is 2.16. The van der Waals surface area contributed by atoms with Gasteiger partial charge in [0.25, 0.3) is 5.69 Å². The lowest BCUT2D eigenvalue weighted by Crippen LogP contribution is -2.34. The number of nitrogens with one attached hydrogen (secondary N) is 1. The number of nitro groups is 1. The SMILES string of the molecule is O=C(CSc1ccc([N+](=O)[O-])cc1)NCC(O)CO. The molecule has 1 atom stereocenters. The number of benzene rings is 1. The summed E-state index contributed by atoms with van der Waals surface area (Å²) in [6.45, 7) is -0.411. The average molecular weight is 286 g/mol. The van der Waals surface area contributed by atoms with Crippen LogP contribution in [0.5, 0.6) is 0 Å². The molecule has 3 N–H and O–H groups in total. The highest BCUT2D eigenvalue weighted by atomic mass is 32.2. The molecule has 7 nitrogen and oxygen atoms in total. The largest absolute Gasteiger partial charge is 0.394 e. The third-order valence-corrected chi connectivity index (χ3v) is 3.18. The Morgan fingerprint density at radius 3 is 2.58 bits per heavy atom. The maximum absolute atomic E-state index is 11.4. The van der Waals surface area contributed by atoms with E-state index in [-0.39, 0.29) is 23.9 Å². The van der Waals surface area contributed by atoms with E-state index < -0.39 is 17.6 Å². The Hall–Kier alpha value is -1.64. The molecule has 0 saturated carbocycles. The van der Waals surface area contributed by atoms with E-state index in [0.717, 1.165) is 4.90 Å². The standard InChI is InChI=1S/C11H14N2O5S/c14-6-9(15)5-12-11(16)7-19-10-3-1-8(2-4-10)13(17)18/h1-4,9,14-15H,5-7H2,(H,12,16). The lowest BCUT2D eigenvalue weighted by molar-refractivity contribution is -0.384. The van der Waals surface area contributed by atoms with E-state index in [1.165, 1.54) is 23.9 Å². The Bertz CT molecular complexity index is 437. The summed E-state index contributed by atoms with van der Waals surface area (Å²) in [5.41, 5.74) is -0.000121. The van der Waals surface area contributed by atoms with Gasteiger partial charge in [-0.15, -0.1) is 11.8 Å². The molecule has 0 aliphatic heterocycles. The highest BCUT2D eigenvalue weighted by Gasteiger charge is 2.08. The topological polar surface area (TPSA) is 113 Å². The van der Waals surface area contributed by atoms with Crippen molar-refractivity contribution in [3.8, 4) is 0 Å². The molecule has 0 spiro atoms. The van der Waals surface area contributed by atoms with E-state index in [2.05, 4.69) is 5.32 Å².